The monoisotopic (exact) mass is 249 g/mol. The number of rotatable bonds is 8. The maximum atomic E-state index is 10.8. The zero-order chi connectivity index (χ0) is 12.7. The number of carboxylic acid groups (broad SMARTS) is 1. The van der Waals surface area contributed by atoms with Crippen LogP contribution in [0.5, 0.6) is 0 Å². The molecule has 4 nitrogen and oxygen atoms in total. The van der Waals surface area contributed by atoms with Crippen molar-refractivity contribution < 1.29 is 14.1 Å². The lowest BCUT2D eigenvalue weighted by molar-refractivity contribution is -0.142. The number of nitrogens with one attached hydrogen (secondary N) is 1. The summed E-state index contributed by atoms with van der Waals surface area (Å²) in [6, 6.07) is 0.138. The van der Waals surface area contributed by atoms with Gasteiger partial charge in [0.2, 0.25) is 0 Å². The molecule has 0 heterocycles. The largest absolute Gasteiger partial charge is 0.481 e. The second-order valence-electron chi connectivity index (χ2n) is 4.64. The summed E-state index contributed by atoms with van der Waals surface area (Å²) in [5.41, 5.74) is 0. The minimum absolute atomic E-state index is 0.138. The molecule has 0 rings (SSSR count). The van der Waals surface area contributed by atoms with E-state index in [9.17, 15) is 4.79 Å². The highest BCUT2D eigenvalue weighted by Gasteiger charge is 2.25. The smallest absolute Gasteiger partial charge is 0.306 e. The van der Waals surface area contributed by atoms with Crippen LogP contribution in [0.15, 0.2) is 0 Å². The molecule has 0 aromatic heterocycles. The molecule has 0 aromatic carbocycles. The second kappa shape index (κ2) is 7.92. The Labute approximate surface area is 103 Å². The van der Waals surface area contributed by atoms with E-state index < -0.39 is 11.9 Å². The molecule has 2 N–H and O–H groups in total. The first-order valence-electron chi connectivity index (χ1n) is 5.62. The molecule has 0 aliphatic carbocycles. The van der Waals surface area contributed by atoms with Crippen molar-refractivity contribution in [2.45, 2.75) is 45.8 Å². The van der Waals surface area contributed by atoms with Crippen molar-refractivity contribution in [3.8, 4) is 0 Å². The lowest BCUT2D eigenvalue weighted by Crippen LogP contribution is -2.40. The van der Waals surface area contributed by atoms with Crippen molar-refractivity contribution in [1.29, 1.82) is 0 Å². The van der Waals surface area contributed by atoms with Gasteiger partial charge < -0.3 is 14.6 Å². The average molecular weight is 249 g/mol. The maximum Gasteiger partial charge on any atom is 0.306 e. The van der Waals surface area contributed by atoms with Gasteiger partial charge in [0.1, 0.15) is 0 Å². The van der Waals surface area contributed by atoms with E-state index in [-0.39, 0.29) is 12.1 Å². The Bertz CT molecular complexity index is 211. The van der Waals surface area contributed by atoms with Crippen LogP contribution >= 0.6 is 12.9 Å². The van der Waals surface area contributed by atoms with Gasteiger partial charge in [-0.05, 0) is 38.7 Å². The van der Waals surface area contributed by atoms with Crippen molar-refractivity contribution in [1.82, 2.24) is 5.32 Å². The first-order valence-corrected chi connectivity index (χ1v) is 5.99. The Morgan fingerprint density at radius 2 is 1.94 bits per heavy atom. The van der Waals surface area contributed by atoms with Crippen molar-refractivity contribution in [2.75, 3.05) is 7.05 Å². The predicted octanol–water partition coefficient (Wildman–Crippen LogP) is 1.96. The van der Waals surface area contributed by atoms with E-state index in [0.717, 1.165) is 6.42 Å². The molecule has 0 aliphatic rings. The van der Waals surface area contributed by atoms with Gasteiger partial charge in [-0.2, -0.15) is 0 Å². The summed E-state index contributed by atoms with van der Waals surface area (Å²) in [7, 11) is 1.86. The molecule has 5 heteroatoms. The first kappa shape index (κ1) is 15.7. The number of hydrogen-bond donors (Lipinski definition) is 3. The molecule has 0 radical (unpaired) electrons. The second-order valence-corrected chi connectivity index (χ2v) is 4.85. The van der Waals surface area contributed by atoms with Crippen molar-refractivity contribution in [2.24, 2.45) is 11.8 Å². The summed E-state index contributed by atoms with van der Waals surface area (Å²) in [6.45, 7) is 5.94. The molecule has 96 valence electrons. The fraction of sp³-hybridized carbons (Fsp3) is 0.909. The lowest BCUT2D eigenvalue weighted by atomic mass is 9.93. The van der Waals surface area contributed by atoms with Crippen LogP contribution in [0.2, 0.25) is 0 Å². The van der Waals surface area contributed by atoms with E-state index >= 15 is 0 Å². The molecule has 0 spiro atoms. The number of likely N-dealkylation sites (N-methyl/N-ethyl adjacent to an activating group) is 1. The molecule has 0 aromatic rings. The summed E-state index contributed by atoms with van der Waals surface area (Å²) in [4.78, 5) is 10.8. The number of carboxylic acids is 1. The molecule has 0 unspecified atom stereocenters. The number of aliphatic carboxylic acids is 1. The maximum absolute atomic E-state index is 10.8. The Hall–Kier alpha value is -0.260. The predicted molar refractivity (Wildman–Crippen MR) is 67.6 cm³/mol. The highest BCUT2D eigenvalue weighted by molar-refractivity contribution is 7.75. The standard InChI is InChI=1S/C11H23NO3S/c1-7(2)5-9(12-4)10(15-16)6-8(3)11(13)14/h7-10,12,16H,5-6H2,1-4H3,(H,13,14)/t8-,9+,10+/m1/s1. The van der Waals surface area contributed by atoms with Crippen LogP contribution in [-0.2, 0) is 8.98 Å². The van der Waals surface area contributed by atoms with Crippen LogP contribution < -0.4 is 5.32 Å². The molecule has 0 aliphatic heterocycles. The van der Waals surface area contributed by atoms with Crippen LogP contribution in [0.25, 0.3) is 0 Å². The minimum Gasteiger partial charge on any atom is -0.481 e. The van der Waals surface area contributed by atoms with Gasteiger partial charge in [0.25, 0.3) is 0 Å². The summed E-state index contributed by atoms with van der Waals surface area (Å²) >= 11 is 3.84. The minimum atomic E-state index is -0.796. The van der Waals surface area contributed by atoms with Gasteiger partial charge in [0.15, 0.2) is 0 Å². The number of thiol groups is 1. The third kappa shape index (κ3) is 5.72. The van der Waals surface area contributed by atoms with Crippen molar-refractivity contribution in [3.05, 3.63) is 0 Å². The molecule has 0 fully saturated rings. The zero-order valence-electron chi connectivity index (χ0n) is 10.4. The molecule has 0 saturated heterocycles. The Kier molecular flexibility index (Phi) is 7.80. The first-order chi connectivity index (χ1) is 7.42. The molecule has 16 heavy (non-hydrogen) atoms. The van der Waals surface area contributed by atoms with Gasteiger partial charge in [0.05, 0.1) is 12.0 Å². The number of carbonyl (C=O) groups is 1. The van der Waals surface area contributed by atoms with E-state index in [2.05, 4.69) is 32.1 Å². The van der Waals surface area contributed by atoms with Gasteiger partial charge in [-0.3, -0.25) is 4.79 Å². The van der Waals surface area contributed by atoms with Crippen molar-refractivity contribution >= 4 is 18.9 Å². The lowest BCUT2D eigenvalue weighted by Gasteiger charge is -2.27. The summed E-state index contributed by atoms with van der Waals surface area (Å²) in [6.07, 6.45) is 1.23. The molecule has 3 atom stereocenters. The van der Waals surface area contributed by atoms with E-state index in [1.807, 2.05) is 7.05 Å². The summed E-state index contributed by atoms with van der Waals surface area (Å²) in [5, 5.41) is 12.0. The molecular formula is C11H23NO3S. The summed E-state index contributed by atoms with van der Waals surface area (Å²) in [5.74, 6) is -0.682. The van der Waals surface area contributed by atoms with E-state index in [4.69, 9.17) is 9.29 Å². The van der Waals surface area contributed by atoms with Crippen LogP contribution in [0.4, 0.5) is 0 Å². The Balaban J connectivity index is 4.37. The third-order valence-corrected chi connectivity index (χ3v) is 2.96. The Morgan fingerprint density at radius 1 is 1.38 bits per heavy atom. The SMILES string of the molecule is CN[C@@H](CC(C)C)[C@H](C[C@@H](C)C(=O)O)OS. The highest BCUT2D eigenvalue weighted by atomic mass is 32.1. The van der Waals surface area contributed by atoms with Gasteiger partial charge in [-0.1, -0.05) is 20.8 Å². The van der Waals surface area contributed by atoms with Crippen LogP contribution in [0, 0.1) is 11.8 Å². The van der Waals surface area contributed by atoms with Gasteiger partial charge in [-0.15, -0.1) is 0 Å². The van der Waals surface area contributed by atoms with Crippen LogP contribution in [0.3, 0.4) is 0 Å². The third-order valence-electron chi connectivity index (χ3n) is 2.69. The fourth-order valence-corrected chi connectivity index (χ4v) is 1.93. The van der Waals surface area contributed by atoms with Crippen LogP contribution in [-0.4, -0.2) is 30.3 Å². The highest BCUT2D eigenvalue weighted by Crippen LogP contribution is 2.18. The Morgan fingerprint density at radius 3 is 2.25 bits per heavy atom. The molecular weight excluding hydrogens is 226 g/mol. The molecule has 0 saturated carbocycles. The van der Waals surface area contributed by atoms with Gasteiger partial charge in [-0.25, -0.2) is 0 Å². The quantitative estimate of drug-likeness (QED) is 0.455. The zero-order valence-corrected chi connectivity index (χ0v) is 11.3. The molecule has 0 bridgehead atoms. The van der Waals surface area contributed by atoms with Gasteiger partial charge in [0, 0.05) is 6.04 Å². The van der Waals surface area contributed by atoms with Gasteiger partial charge >= 0.3 is 5.97 Å². The van der Waals surface area contributed by atoms with E-state index in [1.165, 1.54) is 0 Å². The van der Waals surface area contributed by atoms with Crippen molar-refractivity contribution in [3.63, 3.8) is 0 Å². The number of hydrogen-bond acceptors (Lipinski definition) is 4. The van der Waals surface area contributed by atoms with Crippen LogP contribution in [0.1, 0.15) is 33.6 Å². The average Bonchev–Trinajstić information content (AvgIpc) is 2.21. The van der Waals surface area contributed by atoms with E-state index in [0.29, 0.717) is 12.3 Å². The van der Waals surface area contributed by atoms with E-state index in [1.54, 1.807) is 6.92 Å². The summed E-state index contributed by atoms with van der Waals surface area (Å²) < 4.78 is 5.09. The normalized spacial score (nSPS) is 17.1. The fourth-order valence-electron chi connectivity index (χ4n) is 1.69. The topological polar surface area (TPSA) is 58.6 Å². The molecule has 0 amide bonds.